The summed E-state index contributed by atoms with van der Waals surface area (Å²) in [4.78, 5) is 30.2. The van der Waals surface area contributed by atoms with Gasteiger partial charge in [-0.25, -0.2) is 10.6 Å². The predicted molar refractivity (Wildman–Crippen MR) is 74.6 cm³/mol. The van der Waals surface area contributed by atoms with Crippen LogP contribution in [0, 0.1) is 0 Å². The van der Waals surface area contributed by atoms with Crippen LogP contribution in [0.25, 0.3) is 0 Å². The zero-order chi connectivity index (χ0) is 15.4. The molecule has 0 bridgehead atoms. The second-order valence-electron chi connectivity index (χ2n) is 3.03. The van der Waals surface area contributed by atoms with Crippen molar-refractivity contribution in [2.75, 3.05) is 11.5 Å². The minimum absolute atomic E-state index is 0.261. The third-order valence-electron chi connectivity index (χ3n) is 1.37. The number of hydrogen-bond donors (Lipinski definition) is 7. The van der Waals surface area contributed by atoms with E-state index in [1.165, 1.54) is 21.6 Å². The summed E-state index contributed by atoms with van der Waals surface area (Å²) in [6, 6.07) is -2.43. The number of carbonyl (C=O) groups is 3. The van der Waals surface area contributed by atoms with E-state index in [0.29, 0.717) is 5.75 Å². The van der Waals surface area contributed by atoms with Crippen LogP contribution in [-0.2, 0) is 9.59 Å². The Kier molecular flexibility index (Phi) is 12.6. The molecule has 0 saturated heterocycles. The molecule has 0 aromatic heterocycles. The lowest BCUT2D eigenvalue weighted by Gasteiger charge is -2.09. The standard InChI is InChI=1S/C6H14N4O3S2.CH4N2O/c7-3(5(11)10-9)1-14-15-2-4(8)6(12)13;2-1(3)4/h3-4H,1-2,7-9H2,(H,10,11)(H,12,13);(H4,2,3,4). The van der Waals surface area contributed by atoms with E-state index in [1.54, 1.807) is 0 Å². The molecule has 0 aromatic carbocycles. The summed E-state index contributed by atoms with van der Waals surface area (Å²) < 4.78 is 0. The van der Waals surface area contributed by atoms with Crippen molar-refractivity contribution in [3.63, 3.8) is 0 Å². The molecule has 12 heteroatoms. The smallest absolute Gasteiger partial charge is 0.321 e. The lowest BCUT2D eigenvalue weighted by atomic mass is 10.3. The SMILES string of the molecule is NC(N)=O.NNC(=O)C(N)CSSCC(N)C(=O)O. The maximum Gasteiger partial charge on any atom is 0.321 e. The number of nitrogens with two attached hydrogens (primary N) is 5. The van der Waals surface area contributed by atoms with Crippen molar-refractivity contribution in [2.24, 2.45) is 28.8 Å². The third-order valence-corrected chi connectivity index (χ3v) is 3.85. The number of primary amides is 2. The van der Waals surface area contributed by atoms with Crippen LogP contribution in [0.1, 0.15) is 0 Å². The first-order valence-electron chi connectivity index (χ1n) is 4.76. The normalized spacial score (nSPS) is 12.6. The molecular weight excluding hydrogens is 296 g/mol. The average Bonchev–Trinajstić information content (AvgIpc) is 2.31. The van der Waals surface area contributed by atoms with Crippen LogP contribution < -0.4 is 34.2 Å². The van der Waals surface area contributed by atoms with E-state index >= 15 is 0 Å². The molecule has 0 aromatic rings. The molecule has 10 nitrogen and oxygen atoms in total. The average molecular weight is 314 g/mol. The highest BCUT2D eigenvalue weighted by molar-refractivity contribution is 8.76. The molecule has 12 N–H and O–H groups in total. The number of urea groups is 1. The lowest BCUT2D eigenvalue weighted by molar-refractivity contribution is -0.137. The number of amides is 3. The summed E-state index contributed by atoms with van der Waals surface area (Å²) in [6.07, 6.45) is 0. The van der Waals surface area contributed by atoms with Crippen molar-refractivity contribution in [3.05, 3.63) is 0 Å². The molecule has 0 fully saturated rings. The molecule has 0 radical (unpaired) electrons. The summed E-state index contributed by atoms with van der Waals surface area (Å²) in [6.45, 7) is 0. The summed E-state index contributed by atoms with van der Waals surface area (Å²) in [5.74, 6) is 3.98. The van der Waals surface area contributed by atoms with Crippen LogP contribution in [0.4, 0.5) is 4.79 Å². The van der Waals surface area contributed by atoms with Crippen molar-refractivity contribution in [1.82, 2.24) is 5.43 Å². The van der Waals surface area contributed by atoms with Gasteiger partial charge in [0.1, 0.15) is 6.04 Å². The molecule has 0 aliphatic heterocycles. The van der Waals surface area contributed by atoms with Gasteiger partial charge in [-0.1, -0.05) is 21.6 Å². The Hall–Kier alpha value is -1.21. The first-order chi connectivity index (χ1) is 8.72. The van der Waals surface area contributed by atoms with E-state index in [-0.39, 0.29) is 5.75 Å². The number of hydrazine groups is 1. The summed E-state index contributed by atoms with van der Waals surface area (Å²) in [7, 11) is 2.54. The van der Waals surface area contributed by atoms with Crippen LogP contribution in [0.3, 0.4) is 0 Å². The van der Waals surface area contributed by atoms with Crippen molar-refractivity contribution in [2.45, 2.75) is 12.1 Å². The number of carbonyl (C=O) groups excluding carboxylic acids is 2. The fraction of sp³-hybridized carbons (Fsp3) is 0.571. The van der Waals surface area contributed by atoms with E-state index in [4.69, 9.17) is 27.2 Å². The van der Waals surface area contributed by atoms with E-state index in [2.05, 4.69) is 11.5 Å². The Morgan fingerprint density at radius 3 is 1.74 bits per heavy atom. The quantitative estimate of drug-likeness (QED) is 0.0843. The molecule has 0 rings (SSSR count). The second-order valence-corrected chi connectivity index (χ2v) is 5.58. The largest absolute Gasteiger partial charge is 0.480 e. The minimum atomic E-state index is -1.05. The van der Waals surface area contributed by atoms with Crippen LogP contribution in [0.5, 0.6) is 0 Å². The van der Waals surface area contributed by atoms with Crippen molar-refractivity contribution >= 4 is 39.5 Å². The minimum Gasteiger partial charge on any atom is -0.480 e. The number of carboxylic acids is 1. The van der Waals surface area contributed by atoms with Gasteiger partial charge < -0.3 is 28.0 Å². The van der Waals surface area contributed by atoms with Crippen molar-refractivity contribution in [1.29, 1.82) is 0 Å². The maximum atomic E-state index is 10.8. The first-order valence-corrected chi connectivity index (χ1v) is 7.24. The molecule has 0 aliphatic carbocycles. The summed E-state index contributed by atoms with van der Waals surface area (Å²) >= 11 is 0. The first kappa shape index (κ1) is 20.1. The Morgan fingerprint density at radius 2 is 1.42 bits per heavy atom. The van der Waals surface area contributed by atoms with Gasteiger partial charge in [0.2, 0.25) is 0 Å². The van der Waals surface area contributed by atoms with Gasteiger partial charge in [0.05, 0.1) is 6.04 Å². The number of hydrogen-bond acceptors (Lipinski definition) is 8. The molecule has 0 aliphatic rings. The van der Waals surface area contributed by atoms with Gasteiger partial charge in [0.25, 0.3) is 5.91 Å². The highest BCUT2D eigenvalue weighted by atomic mass is 33.1. The molecule has 3 amide bonds. The lowest BCUT2D eigenvalue weighted by Crippen LogP contribution is -2.45. The van der Waals surface area contributed by atoms with Gasteiger partial charge in [-0.2, -0.15) is 0 Å². The molecule has 0 saturated carbocycles. The van der Waals surface area contributed by atoms with Crippen LogP contribution >= 0.6 is 21.6 Å². The topological polar surface area (TPSA) is 214 Å². The zero-order valence-corrected chi connectivity index (χ0v) is 11.6. The Bertz CT molecular complexity index is 301. The third kappa shape index (κ3) is 14.7. The molecule has 2 unspecified atom stereocenters. The van der Waals surface area contributed by atoms with Gasteiger partial charge >= 0.3 is 12.0 Å². The van der Waals surface area contributed by atoms with Gasteiger partial charge in [0, 0.05) is 11.5 Å². The van der Waals surface area contributed by atoms with Crippen LogP contribution in [0.2, 0.25) is 0 Å². The van der Waals surface area contributed by atoms with E-state index in [9.17, 15) is 9.59 Å². The number of nitrogens with one attached hydrogen (secondary N) is 1. The molecular formula is C7H18N6O4S2. The fourth-order valence-electron chi connectivity index (χ4n) is 0.497. The number of aliphatic carboxylic acids is 1. The van der Waals surface area contributed by atoms with Gasteiger partial charge in [-0.3, -0.25) is 15.0 Å². The van der Waals surface area contributed by atoms with Crippen LogP contribution in [0.15, 0.2) is 0 Å². The summed E-state index contributed by atoms with van der Waals surface area (Å²) in [5, 5.41) is 8.46. The predicted octanol–water partition coefficient (Wildman–Crippen LogP) is -2.88. The molecule has 0 heterocycles. The van der Waals surface area contributed by atoms with E-state index in [1.807, 2.05) is 5.43 Å². The van der Waals surface area contributed by atoms with Gasteiger partial charge in [0.15, 0.2) is 0 Å². The van der Waals surface area contributed by atoms with Gasteiger partial charge in [-0.05, 0) is 0 Å². The molecule has 19 heavy (non-hydrogen) atoms. The van der Waals surface area contributed by atoms with E-state index in [0.717, 1.165) is 0 Å². The number of rotatable bonds is 7. The maximum absolute atomic E-state index is 10.8. The Morgan fingerprint density at radius 1 is 1.05 bits per heavy atom. The Labute approximate surface area is 117 Å². The highest BCUT2D eigenvalue weighted by Gasteiger charge is 2.14. The monoisotopic (exact) mass is 314 g/mol. The number of carboxylic acid groups (broad SMARTS) is 1. The van der Waals surface area contributed by atoms with Gasteiger partial charge in [-0.15, -0.1) is 0 Å². The highest BCUT2D eigenvalue weighted by Crippen LogP contribution is 2.21. The second kappa shape index (κ2) is 11.9. The van der Waals surface area contributed by atoms with E-state index < -0.39 is 30.0 Å². The molecule has 0 spiro atoms. The molecule has 2 atom stereocenters. The zero-order valence-electron chi connectivity index (χ0n) is 9.94. The fourth-order valence-corrected chi connectivity index (χ4v) is 2.73. The summed E-state index contributed by atoms with van der Waals surface area (Å²) in [5.41, 5.74) is 21.1. The van der Waals surface area contributed by atoms with Crippen molar-refractivity contribution in [3.8, 4) is 0 Å². The van der Waals surface area contributed by atoms with Crippen molar-refractivity contribution < 1.29 is 19.5 Å². The van der Waals surface area contributed by atoms with Crippen LogP contribution in [-0.4, -0.2) is 46.6 Å². The Balaban J connectivity index is 0. The molecule has 112 valence electrons.